The highest BCUT2D eigenvalue weighted by molar-refractivity contribution is 4.51. The standard InChI is InChI=1S/C20H42O4/c1-3-19(21)17-23-15-13-11-9-7-5-6-8-10-12-14-16-24-18-20(22)4-2/h19-22H,3-18H2,1-2H3. The van der Waals surface area contributed by atoms with Gasteiger partial charge < -0.3 is 19.7 Å². The summed E-state index contributed by atoms with van der Waals surface area (Å²) in [5.41, 5.74) is 0. The van der Waals surface area contributed by atoms with Crippen molar-refractivity contribution in [3.63, 3.8) is 0 Å². The van der Waals surface area contributed by atoms with E-state index < -0.39 is 0 Å². The molecule has 0 amide bonds. The molecule has 0 aliphatic heterocycles. The van der Waals surface area contributed by atoms with E-state index in [1.165, 1.54) is 51.4 Å². The lowest BCUT2D eigenvalue weighted by Gasteiger charge is -2.08. The van der Waals surface area contributed by atoms with E-state index >= 15 is 0 Å². The van der Waals surface area contributed by atoms with Crippen molar-refractivity contribution in [2.75, 3.05) is 26.4 Å². The summed E-state index contributed by atoms with van der Waals surface area (Å²) in [5, 5.41) is 18.7. The highest BCUT2D eigenvalue weighted by Crippen LogP contribution is 2.11. The zero-order valence-electron chi connectivity index (χ0n) is 16.2. The Morgan fingerprint density at radius 1 is 0.542 bits per heavy atom. The van der Waals surface area contributed by atoms with Gasteiger partial charge in [0.1, 0.15) is 0 Å². The van der Waals surface area contributed by atoms with Gasteiger partial charge in [-0.15, -0.1) is 0 Å². The molecule has 0 aromatic rings. The Morgan fingerprint density at radius 3 is 1.12 bits per heavy atom. The molecule has 2 N–H and O–H groups in total. The SMILES string of the molecule is CCC(O)COCCCCCCCCCCCCOCC(O)CC. The predicted octanol–water partition coefficient (Wildman–Crippen LogP) is 4.46. The second-order valence-electron chi connectivity index (χ2n) is 6.81. The number of ether oxygens (including phenoxy) is 2. The largest absolute Gasteiger partial charge is 0.391 e. The van der Waals surface area contributed by atoms with Gasteiger partial charge in [0.05, 0.1) is 25.4 Å². The average molecular weight is 347 g/mol. The number of hydrogen-bond acceptors (Lipinski definition) is 4. The van der Waals surface area contributed by atoms with Crippen LogP contribution in [0.25, 0.3) is 0 Å². The second-order valence-corrected chi connectivity index (χ2v) is 6.81. The maximum Gasteiger partial charge on any atom is 0.0771 e. The molecule has 0 heterocycles. The van der Waals surface area contributed by atoms with Crippen molar-refractivity contribution in [3.05, 3.63) is 0 Å². The zero-order valence-corrected chi connectivity index (χ0v) is 16.2. The van der Waals surface area contributed by atoms with Gasteiger partial charge in [-0.2, -0.15) is 0 Å². The molecular formula is C20H42O4. The van der Waals surface area contributed by atoms with Gasteiger partial charge in [-0.1, -0.05) is 65.2 Å². The van der Waals surface area contributed by atoms with E-state index in [1.54, 1.807) is 0 Å². The van der Waals surface area contributed by atoms with Crippen molar-refractivity contribution >= 4 is 0 Å². The Morgan fingerprint density at radius 2 is 0.833 bits per heavy atom. The van der Waals surface area contributed by atoms with E-state index in [-0.39, 0.29) is 12.2 Å². The quantitative estimate of drug-likeness (QED) is 0.339. The minimum atomic E-state index is -0.292. The lowest BCUT2D eigenvalue weighted by Crippen LogP contribution is -2.14. The van der Waals surface area contributed by atoms with Gasteiger partial charge >= 0.3 is 0 Å². The molecule has 0 saturated heterocycles. The molecule has 4 heteroatoms. The molecule has 0 fully saturated rings. The van der Waals surface area contributed by atoms with Crippen LogP contribution in [-0.2, 0) is 9.47 Å². The van der Waals surface area contributed by atoms with E-state index in [4.69, 9.17) is 9.47 Å². The lowest BCUT2D eigenvalue weighted by molar-refractivity contribution is 0.0334. The molecule has 0 saturated carbocycles. The third-order valence-corrected chi connectivity index (χ3v) is 4.39. The van der Waals surface area contributed by atoms with Gasteiger partial charge in [0.15, 0.2) is 0 Å². The molecule has 0 aromatic carbocycles. The number of aliphatic hydroxyl groups excluding tert-OH is 2. The molecule has 2 atom stereocenters. The summed E-state index contributed by atoms with van der Waals surface area (Å²) in [6.45, 7) is 6.49. The fourth-order valence-electron chi connectivity index (χ4n) is 2.50. The van der Waals surface area contributed by atoms with E-state index in [0.29, 0.717) is 13.2 Å². The zero-order chi connectivity index (χ0) is 17.9. The van der Waals surface area contributed by atoms with E-state index in [0.717, 1.165) is 38.9 Å². The van der Waals surface area contributed by atoms with Crippen molar-refractivity contribution in [2.45, 2.75) is 103 Å². The first-order chi connectivity index (χ1) is 11.7. The number of unbranched alkanes of at least 4 members (excludes halogenated alkanes) is 9. The van der Waals surface area contributed by atoms with E-state index in [2.05, 4.69) is 0 Å². The van der Waals surface area contributed by atoms with Crippen molar-refractivity contribution in [1.82, 2.24) is 0 Å². The minimum Gasteiger partial charge on any atom is -0.391 e. The highest BCUT2D eigenvalue weighted by Gasteiger charge is 2.00. The molecule has 0 radical (unpaired) electrons. The Hall–Kier alpha value is -0.160. The topological polar surface area (TPSA) is 58.9 Å². The second kappa shape index (κ2) is 19.2. The maximum atomic E-state index is 9.35. The van der Waals surface area contributed by atoms with Crippen molar-refractivity contribution in [1.29, 1.82) is 0 Å². The van der Waals surface area contributed by atoms with Gasteiger partial charge in [0, 0.05) is 13.2 Å². The first kappa shape index (κ1) is 23.8. The van der Waals surface area contributed by atoms with Crippen LogP contribution in [-0.4, -0.2) is 48.8 Å². The summed E-state index contributed by atoms with van der Waals surface area (Å²) in [6, 6.07) is 0. The summed E-state index contributed by atoms with van der Waals surface area (Å²) in [5.74, 6) is 0. The van der Waals surface area contributed by atoms with Crippen molar-refractivity contribution in [3.8, 4) is 0 Å². The Bertz CT molecular complexity index is 212. The van der Waals surface area contributed by atoms with Crippen LogP contribution in [0, 0.1) is 0 Å². The van der Waals surface area contributed by atoms with Crippen molar-refractivity contribution < 1.29 is 19.7 Å². The van der Waals surface area contributed by atoms with Gasteiger partial charge in [0.25, 0.3) is 0 Å². The molecule has 0 rings (SSSR count). The van der Waals surface area contributed by atoms with Crippen LogP contribution in [0.5, 0.6) is 0 Å². The monoisotopic (exact) mass is 346 g/mol. The van der Waals surface area contributed by atoms with Crippen LogP contribution in [0.2, 0.25) is 0 Å². The third kappa shape index (κ3) is 18.2. The molecule has 0 aliphatic rings. The fraction of sp³-hybridized carbons (Fsp3) is 1.00. The number of hydrogen-bond donors (Lipinski definition) is 2. The molecular weight excluding hydrogens is 304 g/mol. The molecule has 2 unspecified atom stereocenters. The van der Waals surface area contributed by atoms with E-state index in [9.17, 15) is 10.2 Å². The first-order valence-corrected chi connectivity index (χ1v) is 10.2. The number of rotatable bonds is 19. The molecule has 4 nitrogen and oxygen atoms in total. The Labute approximate surface area is 149 Å². The summed E-state index contributed by atoms with van der Waals surface area (Å²) in [4.78, 5) is 0. The summed E-state index contributed by atoms with van der Waals surface area (Å²) < 4.78 is 10.9. The van der Waals surface area contributed by atoms with Gasteiger partial charge in [-0.25, -0.2) is 0 Å². The average Bonchev–Trinajstić information content (AvgIpc) is 2.60. The normalized spacial score (nSPS) is 14.0. The smallest absolute Gasteiger partial charge is 0.0771 e. The number of aliphatic hydroxyl groups is 2. The first-order valence-electron chi connectivity index (χ1n) is 10.2. The van der Waals surface area contributed by atoms with Crippen LogP contribution in [0.4, 0.5) is 0 Å². The highest BCUT2D eigenvalue weighted by atomic mass is 16.5. The lowest BCUT2D eigenvalue weighted by atomic mass is 10.1. The molecule has 0 bridgehead atoms. The fourth-order valence-corrected chi connectivity index (χ4v) is 2.50. The van der Waals surface area contributed by atoms with Gasteiger partial charge in [0.2, 0.25) is 0 Å². The third-order valence-electron chi connectivity index (χ3n) is 4.39. The van der Waals surface area contributed by atoms with Crippen LogP contribution in [0.15, 0.2) is 0 Å². The van der Waals surface area contributed by atoms with Crippen LogP contribution >= 0.6 is 0 Å². The summed E-state index contributed by atoms with van der Waals surface area (Å²) in [6.07, 6.45) is 13.6. The predicted molar refractivity (Wildman–Crippen MR) is 100 cm³/mol. The minimum absolute atomic E-state index is 0.292. The van der Waals surface area contributed by atoms with Gasteiger partial charge in [-0.05, 0) is 25.7 Å². The Balaban J connectivity index is 3.03. The van der Waals surface area contributed by atoms with Crippen LogP contribution in [0.1, 0.15) is 90.9 Å². The van der Waals surface area contributed by atoms with Crippen LogP contribution < -0.4 is 0 Å². The summed E-state index contributed by atoms with van der Waals surface area (Å²) in [7, 11) is 0. The molecule has 0 aliphatic carbocycles. The molecule has 0 spiro atoms. The molecule has 0 aromatic heterocycles. The summed E-state index contributed by atoms with van der Waals surface area (Å²) >= 11 is 0. The maximum absolute atomic E-state index is 9.35. The van der Waals surface area contributed by atoms with Crippen molar-refractivity contribution in [2.24, 2.45) is 0 Å². The van der Waals surface area contributed by atoms with E-state index in [1.807, 2.05) is 13.8 Å². The Kier molecular flexibility index (Phi) is 19.0. The molecule has 146 valence electrons. The molecule has 24 heavy (non-hydrogen) atoms. The van der Waals surface area contributed by atoms with Crippen LogP contribution in [0.3, 0.4) is 0 Å². The van der Waals surface area contributed by atoms with Gasteiger partial charge in [-0.3, -0.25) is 0 Å².